The monoisotopic (exact) mass is 1100 g/mol. The second-order valence-electron chi connectivity index (χ2n) is 24.0. The predicted octanol–water partition coefficient (Wildman–Crippen LogP) is -1.68. The maximum absolute atomic E-state index is 12.5. The Morgan fingerprint density at radius 3 is 2.04 bits per heavy atom. The van der Waals surface area contributed by atoms with Crippen LogP contribution in [0.1, 0.15) is 87.0 Å². The average molecular weight is 1100 g/mol. The summed E-state index contributed by atoms with van der Waals surface area (Å²) >= 11 is 0. The quantitative estimate of drug-likeness (QED) is 0.0863. The number of esters is 2. The van der Waals surface area contributed by atoms with Crippen molar-refractivity contribution in [3.05, 3.63) is 23.8 Å². The summed E-state index contributed by atoms with van der Waals surface area (Å²) in [6.07, 6.45) is -25.3. The Balaban J connectivity index is 0.913. The normalized spacial score (nSPS) is 54.6. The zero-order valence-electron chi connectivity index (χ0n) is 44.5. The number of hydrogen-bond acceptors (Lipinski definition) is 24. The van der Waals surface area contributed by atoms with Crippen LogP contribution in [0.3, 0.4) is 0 Å². The Bertz CT molecular complexity index is 2200. The minimum absolute atomic E-state index is 0.000466. The summed E-state index contributed by atoms with van der Waals surface area (Å²) in [5.74, 6) is -3.28. The van der Waals surface area contributed by atoms with Crippen molar-refractivity contribution in [3.63, 3.8) is 0 Å². The number of fused-ring (bicyclic) bond motifs is 7. The van der Waals surface area contributed by atoms with Crippen LogP contribution < -0.4 is 0 Å². The van der Waals surface area contributed by atoms with Crippen LogP contribution >= 0.6 is 0 Å². The molecule has 3 saturated carbocycles. The van der Waals surface area contributed by atoms with E-state index in [0.29, 0.717) is 18.4 Å². The highest BCUT2D eigenvalue weighted by atomic mass is 16.8. The standard InChI is InChI=1S/C53H80O24/c1-19-16-68-53(46(65)41(19)74-48-39(63)37(61)35(59)21(3)69-48)20(2)34-32(77-53)15-29-27-10-9-25-13-26(56)14-33(52(25,8)28(27)11-12-51(29,34)7)73-49-45(43(31(58)18-67-49)75-47-38(62)36(60)30(57)17-66-47)76-50-44(72-24(6)55)40(64)42(22(4)70-50)71-23(5)54/h9,20-22,26-50,56-65H,1,10-18H2,2-8H3/t20-,21+,22-,26+,27+,28-,29-,30+,31-,32-,33+,34-,35-,36-,37-,38+,39+,40+,41?,42-,43-,44+,45+,46?,47-,48-,49-,50-,51-,52-,53-/m0/s1. The van der Waals surface area contributed by atoms with Crippen LogP contribution in [0, 0.1) is 40.4 Å². The summed E-state index contributed by atoms with van der Waals surface area (Å²) in [6.45, 7) is 15.0. The Kier molecular flexibility index (Phi) is 16.3. The summed E-state index contributed by atoms with van der Waals surface area (Å²) in [5, 5.41) is 111. The van der Waals surface area contributed by atoms with Crippen LogP contribution in [0.5, 0.6) is 0 Å². The van der Waals surface area contributed by atoms with Gasteiger partial charge in [-0.15, -0.1) is 0 Å². The number of aliphatic hydroxyl groups excluding tert-OH is 10. The Hall–Kier alpha value is -2.38. The molecule has 24 nitrogen and oxygen atoms in total. The molecule has 0 aromatic heterocycles. The summed E-state index contributed by atoms with van der Waals surface area (Å²) < 4.78 is 74.3. The van der Waals surface area contributed by atoms with Crippen molar-refractivity contribution in [2.24, 2.45) is 40.4 Å². The van der Waals surface area contributed by atoms with Crippen LogP contribution in [-0.4, -0.2) is 230 Å². The lowest BCUT2D eigenvalue weighted by molar-refractivity contribution is -0.382. The molecule has 24 heteroatoms. The molecule has 0 aromatic carbocycles. The molecule has 10 N–H and O–H groups in total. The first-order chi connectivity index (χ1) is 36.3. The first kappa shape index (κ1) is 57.8. The van der Waals surface area contributed by atoms with Crippen molar-refractivity contribution >= 4 is 11.9 Å². The Morgan fingerprint density at radius 1 is 0.675 bits per heavy atom. The molecule has 2 unspecified atom stereocenters. The third-order valence-electron chi connectivity index (χ3n) is 19.5. The van der Waals surface area contributed by atoms with E-state index in [-0.39, 0.29) is 54.1 Å². The molecule has 31 atom stereocenters. The van der Waals surface area contributed by atoms with E-state index >= 15 is 0 Å². The van der Waals surface area contributed by atoms with Crippen LogP contribution in [0.2, 0.25) is 0 Å². The van der Waals surface area contributed by atoms with Gasteiger partial charge in [0.25, 0.3) is 0 Å². The summed E-state index contributed by atoms with van der Waals surface area (Å²) in [4.78, 5) is 24.6. The molecule has 9 fully saturated rings. The van der Waals surface area contributed by atoms with E-state index < -0.39 is 171 Å². The number of carbonyl (C=O) groups is 2. The number of allylic oxidation sites excluding steroid dienone is 1. The molecule has 77 heavy (non-hydrogen) atoms. The molecule has 4 aliphatic carbocycles. The maximum atomic E-state index is 12.5. The molecule has 6 aliphatic heterocycles. The lowest BCUT2D eigenvalue weighted by atomic mass is 9.46. The van der Waals surface area contributed by atoms with Crippen molar-refractivity contribution in [1.82, 2.24) is 0 Å². The molecule has 10 rings (SSSR count). The summed E-state index contributed by atoms with van der Waals surface area (Å²) in [6, 6.07) is 0. The van der Waals surface area contributed by atoms with Gasteiger partial charge in [-0.1, -0.05) is 39.0 Å². The number of aliphatic hydroxyl groups is 10. The first-order valence-corrected chi connectivity index (χ1v) is 27.3. The van der Waals surface area contributed by atoms with Gasteiger partial charge < -0.3 is 108 Å². The van der Waals surface area contributed by atoms with E-state index in [1.807, 2.05) is 6.92 Å². The fourth-order valence-electron chi connectivity index (χ4n) is 15.6. The third-order valence-corrected chi connectivity index (χ3v) is 19.5. The number of hydrogen-bond donors (Lipinski definition) is 10. The largest absolute Gasteiger partial charge is 0.457 e. The van der Waals surface area contributed by atoms with Crippen molar-refractivity contribution < 1.29 is 117 Å². The van der Waals surface area contributed by atoms with Gasteiger partial charge in [0.1, 0.15) is 73.2 Å². The van der Waals surface area contributed by atoms with Gasteiger partial charge in [0, 0.05) is 31.6 Å². The molecule has 6 saturated heterocycles. The Morgan fingerprint density at radius 2 is 1.32 bits per heavy atom. The van der Waals surface area contributed by atoms with Crippen LogP contribution in [0.4, 0.5) is 0 Å². The minimum atomic E-state index is -1.79. The van der Waals surface area contributed by atoms with Gasteiger partial charge in [0.15, 0.2) is 37.4 Å². The molecule has 0 amide bonds. The van der Waals surface area contributed by atoms with E-state index in [4.69, 9.17) is 56.8 Å². The van der Waals surface area contributed by atoms with Gasteiger partial charge in [-0.25, -0.2) is 0 Å². The van der Waals surface area contributed by atoms with Crippen LogP contribution in [0.15, 0.2) is 23.8 Å². The van der Waals surface area contributed by atoms with Crippen molar-refractivity contribution in [1.29, 1.82) is 0 Å². The fraction of sp³-hybridized carbons (Fsp3) is 0.887. The van der Waals surface area contributed by atoms with Crippen LogP contribution in [0.25, 0.3) is 0 Å². The number of rotatable bonds is 10. The molecule has 436 valence electrons. The third kappa shape index (κ3) is 9.87. The molecular formula is C53H80O24. The van der Waals surface area contributed by atoms with Crippen LogP contribution in [-0.2, 0) is 66.4 Å². The molecule has 0 radical (unpaired) electrons. The smallest absolute Gasteiger partial charge is 0.303 e. The minimum Gasteiger partial charge on any atom is -0.457 e. The second-order valence-corrected chi connectivity index (χ2v) is 24.0. The molecule has 0 aromatic rings. The van der Waals surface area contributed by atoms with Crippen molar-refractivity contribution in [2.75, 3.05) is 19.8 Å². The highest BCUT2D eigenvalue weighted by Crippen LogP contribution is 2.71. The summed E-state index contributed by atoms with van der Waals surface area (Å²) in [7, 11) is 0. The summed E-state index contributed by atoms with van der Waals surface area (Å²) in [5.41, 5.74) is 0.375. The fourth-order valence-corrected chi connectivity index (χ4v) is 15.6. The van der Waals surface area contributed by atoms with Crippen molar-refractivity contribution in [3.8, 4) is 0 Å². The van der Waals surface area contributed by atoms with Gasteiger partial charge in [-0.2, -0.15) is 0 Å². The highest BCUT2D eigenvalue weighted by Gasteiger charge is 2.72. The second kappa shape index (κ2) is 21.7. The number of ether oxygens (including phenoxy) is 12. The lowest BCUT2D eigenvalue weighted by Gasteiger charge is -2.60. The van der Waals surface area contributed by atoms with E-state index in [2.05, 4.69) is 26.5 Å². The van der Waals surface area contributed by atoms with E-state index in [1.54, 1.807) is 6.92 Å². The average Bonchev–Trinajstić information content (AvgIpc) is 3.91. The van der Waals surface area contributed by atoms with Gasteiger partial charge in [0.05, 0.1) is 50.3 Å². The van der Waals surface area contributed by atoms with Gasteiger partial charge in [-0.3, -0.25) is 9.59 Å². The van der Waals surface area contributed by atoms with E-state index in [9.17, 15) is 60.7 Å². The Labute approximate surface area is 446 Å². The predicted molar refractivity (Wildman–Crippen MR) is 257 cm³/mol. The van der Waals surface area contributed by atoms with Gasteiger partial charge in [-0.05, 0) is 80.6 Å². The van der Waals surface area contributed by atoms with E-state index in [0.717, 1.165) is 38.7 Å². The van der Waals surface area contributed by atoms with E-state index in [1.165, 1.54) is 6.92 Å². The first-order valence-electron chi connectivity index (χ1n) is 27.3. The van der Waals surface area contributed by atoms with Gasteiger partial charge >= 0.3 is 11.9 Å². The highest BCUT2D eigenvalue weighted by molar-refractivity contribution is 5.67. The zero-order chi connectivity index (χ0) is 55.5. The number of carbonyl (C=O) groups excluding carboxylic acids is 2. The topological polar surface area (TPSA) is 347 Å². The van der Waals surface area contributed by atoms with Gasteiger partial charge in [0.2, 0.25) is 5.79 Å². The maximum Gasteiger partial charge on any atom is 0.303 e. The molecule has 10 aliphatic rings. The SMILES string of the molecule is C=C1CO[C@@]2(O[C@H]3C[C@H]4[C@@H]5CC=C6C[C@@H](O)C[C@@H](O[C@@H]7OC[C@H](O)[C@H](O[C@@H]8OC[C@@H](O)[C@H](O)[C@H]8O)[C@H]7O[C@@H]7O[C@@H](C)[C@H](OC(C)=O)[C@@H](O)[C@H]7OC(C)=O)[C@]6(C)[C@H]5CC[C@]4(C)[C@H]3[C@@H]2C)C(O)C1O[C@@H]1O[C@H](C)[C@H](O)[C@H](O)[C@H]1O. The molecule has 1 spiro atoms. The van der Waals surface area contributed by atoms with Crippen molar-refractivity contribution in [2.45, 2.75) is 234 Å². The molecule has 0 bridgehead atoms. The molecular weight excluding hydrogens is 1020 g/mol. The molecule has 6 heterocycles. The lowest BCUT2D eigenvalue weighted by Crippen LogP contribution is -2.66. The zero-order valence-corrected chi connectivity index (χ0v) is 44.5.